The lowest BCUT2D eigenvalue weighted by molar-refractivity contribution is 0.0655. The van der Waals surface area contributed by atoms with E-state index in [1.54, 1.807) is 0 Å². The molecular formula is C6H15OSi+. The van der Waals surface area contributed by atoms with Gasteiger partial charge < -0.3 is 4.74 Å². The van der Waals surface area contributed by atoms with Gasteiger partial charge in [0.05, 0.1) is 9.52 Å². The summed E-state index contributed by atoms with van der Waals surface area (Å²) in [6, 6.07) is 0. The summed E-state index contributed by atoms with van der Waals surface area (Å²) in [7, 11) is 0.146. The zero-order valence-electron chi connectivity index (χ0n) is 6.52. The lowest BCUT2D eigenvalue weighted by Crippen LogP contribution is -2.23. The van der Waals surface area contributed by atoms with Crippen molar-refractivity contribution >= 4 is 9.52 Å². The Bertz CT molecular complexity index is 64.1. The molecular weight excluding hydrogens is 116 g/mol. The van der Waals surface area contributed by atoms with Gasteiger partial charge in [0.15, 0.2) is 0 Å². The molecule has 8 heavy (non-hydrogen) atoms. The van der Waals surface area contributed by atoms with Gasteiger partial charge in [-0.3, -0.25) is 0 Å². The van der Waals surface area contributed by atoms with Crippen LogP contribution in [0.5, 0.6) is 0 Å². The summed E-state index contributed by atoms with van der Waals surface area (Å²) in [5, 5.41) is 0. The summed E-state index contributed by atoms with van der Waals surface area (Å²) in [5.41, 5.74) is 0.726. The molecule has 1 unspecified atom stereocenters. The maximum Gasteiger partial charge on any atom is 1.00 e. The number of ether oxygens (including phenoxy) is 1. The molecule has 0 aromatic rings. The fourth-order valence-electron chi connectivity index (χ4n) is 1.13. The van der Waals surface area contributed by atoms with Gasteiger partial charge in [-0.25, -0.2) is 0 Å². The maximum absolute atomic E-state index is 5.49. The van der Waals surface area contributed by atoms with Crippen LogP contribution in [0.4, 0.5) is 0 Å². The summed E-state index contributed by atoms with van der Waals surface area (Å²) in [5.74, 6) is 0. The van der Waals surface area contributed by atoms with E-state index in [1.165, 1.54) is 19.3 Å². The first-order valence-corrected chi connectivity index (χ1v) is 5.78. The highest BCUT2D eigenvalue weighted by molar-refractivity contribution is 6.35. The highest BCUT2D eigenvalue weighted by atomic mass is 28.2. The number of hydrogen-bond acceptors (Lipinski definition) is 1. The minimum absolute atomic E-state index is 0. The van der Waals surface area contributed by atoms with Gasteiger partial charge >= 0.3 is 1.43 Å². The average Bonchev–Trinajstić information content (AvgIpc) is 1.90. The summed E-state index contributed by atoms with van der Waals surface area (Å²) < 4.78 is 5.49. The van der Waals surface area contributed by atoms with E-state index >= 15 is 0 Å². The van der Waals surface area contributed by atoms with Crippen molar-refractivity contribution in [2.45, 2.75) is 31.5 Å². The predicted octanol–water partition coefficient (Wildman–Crippen LogP) is 0.842. The van der Waals surface area contributed by atoms with Crippen LogP contribution < -0.4 is 0 Å². The second kappa shape index (κ2) is 3.25. The zero-order valence-corrected chi connectivity index (χ0v) is 6.94. The van der Waals surface area contributed by atoms with E-state index < -0.39 is 0 Å². The second-order valence-electron chi connectivity index (χ2n) is 2.40. The van der Waals surface area contributed by atoms with E-state index in [2.05, 4.69) is 6.55 Å². The van der Waals surface area contributed by atoms with Crippen molar-refractivity contribution in [1.29, 1.82) is 0 Å². The van der Waals surface area contributed by atoms with E-state index in [-0.39, 0.29) is 10.9 Å². The molecule has 0 aromatic carbocycles. The molecule has 1 heterocycles. The van der Waals surface area contributed by atoms with E-state index in [1.807, 2.05) is 0 Å². The molecule has 48 valence electrons. The topological polar surface area (TPSA) is 9.23 Å². The molecule has 1 nitrogen and oxygen atoms in total. The van der Waals surface area contributed by atoms with Gasteiger partial charge in [0.25, 0.3) is 0 Å². The van der Waals surface area contributed by atoms with Gasteiger partial charge in [0.2, 0.25) is 0 Å². The van der Waals surface area contributed by atoms with Crippen LogP contribution >= 0.6 is 0 Å². The van der Waals surface area contributed by atoms with Crippen LogP contribution in [-0.4, -0.2) is 21.9 Å². The zero-order chi connectivity index (χ0) is 5.82. The van der Waals surface area contributed by atoms with Crippen LogP contribution in [0.2, 0.25) is 6.55 Å². The SMILES string of the molecule is C[SiH2]C1CCCCO1.[H+]. The Balaban J connectivity index is 0.000000640. The Morgan fingerprint density at radius 3 is 2.88 bits per heavy atom. The van der Waals surface area contributed by atoms with Gasteiger partial charge in [-0.05, 0) is 19.3 Å². The van der Waals surface area contributed by atoms with E-state index in [0.29, 0.717) is 0 Å². The van der Waals surface area contributed by atoms with Crippen molar-refractivity contribution in [1.82, 2.24) is 0 Å². The number of rotatable bonds is 1. The molecule has 0 bridgehead atoms. The Morgan fingerprint density at radius 2 is 2.50 bits per heavy atom. The summed E-state index contributed by atoms with van der Waals surface area (Å²) in [6.45, 7) is 3.36. The third-order valence-electron chi connectivity index (χ3n) is 1.73. The molecule has 0 aliphatic carbocycles. The lowest BCUT2D eigenvalue weighted by Gasteiger charge is -2.20. The third kappa shape index (κ3) is 1.60. The monoisotopic (exact) mass is 131 g/mol. The Kier molecular flexibility index (Phi) is 2.56. The molecule has 0 amide bonds. The summed E-state index contributed by atoms with van der Waals surface area (Å²) in [6.07, 6.45) is 4.05. The standard InChI is InChI=1S/C6H14OSi/c1-8-6-4-2-3-5-7-6/h6H,2-5,8H2,1H3/p+1. The molecule has 1 aliphatic rings. The third-order valence-corrected chi connectivity index (χ3v) is 3.28. The molecule has 1 atom stereocenters. The molecule has 1 aliphatic heterocycles. The van der Waals surface area contributed by atoms with Crippen LogP contribution in [0.25, 0.3) is 0 Å². The van der Waals surface area contributed by atoms with Crippen LogP contribution in [0.3, 0.4) is 0 Å². The smallest absolute Gasteiger partial charge is 0.382 e. The van der Waals surface area contributed by atoms with Gasteiger partial charge in [-0.2, -0.15) is 0 Å². The minimum Gasteiger partial charge on any atom is -0.382 e. The Morgan fingerprint density at radius 1 is 1.62 bits per heavy atom. The normalized spacial score (nSPS) is 31.9. The summed E-state index contributed by atoms with van der Waals surface area (Å²) >= 11 is 0. The first-order valence-electron chi connectivity index (χ1n) is 3.55. The molecule has 0 radical (unpaired) electrons. The Labute approximate surface area is 54.7 Å². The van der Waals surface area contributed by atoms with Crippen molar-refractivity contribution in [3.05, 3.63) is 0 Å². The van der Waals surface area contributed by atoms with Crippen molar-refractivity contribution < 1.29 is 6.16 Å². The first kappa shape index (κ1) is 6.30. The van der Waals surface area contributed by atoms with Crippen LogP contribution in [-0.2, 0) is 4.74 Å². The van der Waals surface area contributed by atoms with E-state index in [9.17, 15) is 0 Å². The van der Waals surface area contributed by atoms with Crippen molar-refractivity contribution in [2.24, 2.45) is 0 Å². The van der Waals surface area contributed by atoms with Crippen molar-refractivity contribution in [3.8, 4) is 0 Å². The lowest BCUT2D eigenvalue weighted by atomic mass is 10.2. The molecule has 0 N–H and O–H groups in total. The first-order chi connectivity index (χ1) is 3.93. The quantitative estimate of drug-likeness (QED) is 0.479. The van der Waals surface area contributed by atoms with Gasteiger partial charge in [0, 0.05) is 12.3 Å². The van der Waals surface area contributed by atoms with E-state index in [0.717, 1.165) is 12.3 Å². The largest absolute Gasteiger partial charge is 1.00 e. The second-order valence-corrected chi connectivity index (χ2v) is 4.12. The van der Waals surface area contributed by atoms with Crippen molar-refractivity contribution in [3.63, 3.8) is 0 Å². The molecule has 1 rings (SSSR count). The highest BCUT2D eigenvalue weighted by Crippen LogP contribution is 2.10. The van der Waals surface area contributed by atoms with Crippen LogP contribution in [0.15, 0.2) is 0 Å². The number of hydrogen-bond donors (Lipinski definition) is 0. The summed E-state index contributed by atoms with van der Waals surface area (Å²) in [4.78, 5) is 0. The molecule has 1 saturated heterocycles. The fourth-order valence-corrected chi connectivity index (χ4v) is 2.23. The average molecular weight is 131 g/mol. The molecule has 1 fully saturated rings. The van der Waals surface area contributed by atoms with Crippen LogP contribution in [0.1, 0.15) is 20.7 Å². The fraction of sp³-hybridized carbons (Fsp3) is 1.00. The molecule has 0 spiro atoms. The molecule has 0 saturated carbocycles. The van der Waals surface area contributed by atoms with E-state index in [4.69, 9.17) is 4.74 Å². The maximum atomic E-state index is 5.49. The van der Waals surface area contributed by atoms with Gasteiger partial charge in [0.1, 0.15) is 0 Å². The predicted molar refractivity (Wildman–Crippen MR) is 39.1 cm³/mol. The molecule has 2 heteroatoms. The highest BCUT2D eigenvalue weighted by Gasteiger charge is 2.10. The van der Waals surface area contributed by atoms with Gasteiger partial charge in [-0.1, -0.05) is 6.55 Å². The van der Waals surface area contributed by atoms with Crippen LogP contribution in [0, 0.1) is 0 Å². The van der Waals surface area contributed by atoms with Gasteiger partial charge in [-0.15, -0.1) is 0 Å². The minimum atomic E-state index is 0. The molecule has 0 aromatic heterocycles. The Hall–Kier alpha value is 0.177. The van der Waals surface area contributed by atoms with Crippen molar-refractivity contribution in [2.75, 3.05) is 6.61 Å².